The lowest BCUT2D eigenvalue weighted by atomic mass is 9.90. The highest BCUT2D eigenvalue weighted by Crippen LogP contribution is 2.36. The van der Waals surface area contributed by atoms with Crippen molar-refractivity contribution in [3.05, 3.63) is 181 Å². The van der Waals surface area contributed by atoms with Crippen LogP contribution in [0, 0.1) is 0 Å². The Hall–Kier alpha value is -5.53. The van der Waals surface area contributed by atoms with Crippen LogP contribution in [0.25, 0.3) is 61.2 Å². The first kappa shape index (κ1) is 29.2. The first-order chi connectivity index (χ1) is 22.7. The van der Waals surface area contributed by atoms with Gasteiger partial charge in [0, 0.05) is 18.0 Å². The van der Waals surface area contributed by atoms with E-state index in [1.807, 2.05) is 18.5 Å². The largest absolute Gasteiger partial charge is 0.264 e. The van der Waals surface area contributed by atoms with Crippen LogP contribution in [-0.2, 0) is 6.42 Å². The quantitative estimate of drug-likeness (QED) is 0.180. The summed E-state index contributed by atoms with van der Waals surface area (Å²) in [7, 11) is 0. The fourth-order valence-corrected chi connectivity index (χ4v) is 6.22. The van der Waals surface area contributed by atoms with E-state index >= 15 is 0 Å². The standard InChI is InChI=1S/C45H37N/c1-2-33-13-8-16-35(25-33)37-18-10-21-40(27-37)44-29-43(39-20-9-17-36(26-39)34-14-6-4-3-5-7-15-34)30-45(31-44)41-22-11-19-38(28-41)42-23-12-24-46-32-42/h3-4,6,8-32H,2,5,7H2,1H3/b4-3+,14-6-,34-15+. The van der Waals surface area contributed by atoms with Crippen molar-refractivity contribution in [1.82, 2.24) is 4.98 Å². The SMILES string of the molecule is CCc1cccc(-c2cccc(-c3cc(-c4cccc(C5=C/CC/C=C/C=C\5)c4)cc(-c4cccc(-c5cccnc5)c4)c3)c2)c1. The van der Waals surface area contributed by atoms with Gasteiger partial charge in [0.05, 0.1) is 0 Å². The van der Waals surface area contributed by atoms with Gasteiger partial charge in [0.2, 0.25) is 0 Å². The average Bonchev–Trinajstić information content (AvgIpc) is 3.12. The van der Waals surface area contributed by atoms with E-state index in [0.717, 1.165) is 30.4 Å². The third-order valence-electron chi connectivity index (χ3n) is 8.74. The molecule has 0 unspecified atom stereocenters. The zero-order valence-corrected chi connectivity index (χ0v) is 26.2. The molecule has 5 aromatic carbocycles. The lowest BCUT2D eigenvalue weighted by Gasteiger charge is -2.14. The molecule has 46 heavy (non-hydrogen) atoms. The Morgan fingerprint density at radius 1 is 0.478 bits per heavy atom. The van der Waals surface area contributed by atoms with E-state index in [4.69, 9.17) is 0 Å². The molecule has 0 fully saturated rings. The van der Waals surface area contributed by atoms with Gasteiger partial charge in [0.1, 0.15) is 0 Å². The normalized spacial score (nSPS) is 15.3. The first-order valence-corrected chi connectivity index (χ1v) is 16.2. The van der Waals surface area contributed by atoms with Gasteiger partial charge in [0.15, 0.2) is 0 Å². The van der Waals surface area contributed by atoms with Crippen LogP contribution in [0.1, 0.15) is 30.9 Å². The Morgan fingerprint density at radius 3 is 1.59 bits per heavy atom. The molecule has 1 heterocycles. The Kier molecular flexibility index (Phi) is 8.65. The molecule has 0 saturated heterocycles. The number of hydrogen-bond acceptors (Lipinski definition) is 1. The van der Waals surface area contributed by atoms with Crippen molar-refractivity contribution in [2.24, 2.45) is 0 Å². The number of pyridine rings is 1. The van der Waals surface area contributed by atoms with Crippen LogP contribution < -0.4 is 0 Å². The second kappa shape index (κ2) is 13.6. The maximum Gasteiger partial charge on any atom is 0.0346 e. The van der Waals surface area contributed by atoms with Crippen molar-refractivity contribution in [2.45, 2.75) is 26.2 Å². The van der Waals surface area contributed by atoms with Crippen LogP contribution in [0.4, 0.5) is 0 Å². The second-order valence-electron chi connectivity index (χ2n) is 11.9. The number of nitrogens with zero attached hydrogens (tertiary/aromatic N) is 1. The number of aromatic nitrogens is 1. The smallest absolute Gasteiger partial charge is 0.0346 e. The lowest BCUT2D eigenvalue weighted by Crippen LogP contribution is -1.90. The summed E-state index contributed by atoms with van der Waals surface area (Å²) in [5.74, 6) is 0. The number of aryl methyl sites for hydroxylation is 1. The van der Waals surface area contributed by atoms with Gasteiger partial charge >= 0.3 is 0 Å². The molecule has 0 bridgehead atoms. The van der Waals surface area contributed by atoms with Gasteiger partial charge in [0.25, 0.3) is 0 Å². The molecule has 0 atom stereocenters. The van der Waals surface area contributed by atoms with Crippen LogP contribution >= 0.6 is 0 Å². The van der Waals surface area contributed by atoms with Gasteiger partial charge in [-0.3, -0.25) is 4.98 Å². The number of rotatable bonds is 7. The third kappa shape index (κ3) is 6.60. The molecule has 0 saturated carbocycles. The predicted molar refractivity (Wildman–Crippen MR) is 196 cm³/mol. The monoisotopic (exact) mass is 591 g/mol. The van der Waals surface area contributed by atoms with E-state index in [1.165, 1.54) is 61.2 Å². The molecule has 1 aliphatic carbocycles. The molecule has 0 N–H and O–H groups in total. The van der Waals surface area contributed by atoms with Crippen molar-refractivity contribution in [2.75, 3.05) is 0 Å². The molecule has 0 spiro atoms. The summed E-state index contributed by atoms with van der Waals surface area (Å²) in [4.78, 5) is 4.36. The molecule has 1 aliphatic rings. The molecular formula is C45H37N. The summed E-state index contributed by atoms with van der Waals surface area (Å²) in [5, 5.41) is 0. The third-order valence-corrected chi connectivity index (χ3v) is 8.74. The van der Waals surface area contributed by atoms with Crippen LogP contribution in [0.5, 0.6) is 0 Å². The number of allylic oxidation sites excluding steroid dienone is 6. The summed E-state index contributed by atoms with van der Waals surface area (Å²) in [6, 6.07) is 46.8. The maximum absolute atomic E-state index is 4.36. The Bertz CT molecular complexity index is 2080. The van der Waals surface area contributed by atoms with E-state index in [2.05, 4.69) is 164 Å². The highest BCUT2D eigenvalue weighted by Gasteiger charge is 2.11. The van der Waals surface area contributed by atoms with Crippen molar-refractivity contribution < 1.29 is 0 Å². The zero-order chi connectivity index (χ0) is 31.1. The molecule has 1 heteroatoms. The Balaban J connectivity index is 1.36. The molecular weight excluding hydrogens is 555 g/mol. The minimum Gasteiger partial charge on any atom is -0.264 e. The van der Waals surface area contributed by atoms with E-state index in [9.17, 15) is 0 Å². The molecule has 0 radical (unpaired) electrons. The topological polar surface area (TPSA) is 12.9 Å². The van der Waals surface area contributed by atoms with Gasteiger partial charge in [-0.05, 0) is 128 Å². The van der Waals surface area contributed by atoms with Gasteiger partial charge < -0.3 is 0 Å². The van der Waals surface area contributed by atoms with Gasteiger partial charge in [-0.25, -0.2) is 0 Å². The minimum atomic E-state index is 1.03. The van der Waals surface area contributed by atoms with Crippen molar-refractivity contribution in [1.29, 1.82) is 0 Å². The van der Waals surface area contributed by atoms with Gasteiger partial charge in [-0.2, -0.15) is 0 Å². The van der Waals surface area contributed by atoms with Crippen LogP contribution in [0.3, 0.4) is 0 Å². The fourth-order valence-electron chi connectivity index (χ4n) is 6.22. The molecule has 222 valence electrons. The molecule has 1 aromatic heterocycles. The maximum atomic E-state index is 4.36. The van der Waals surface area contributed by atoms with Crippen LogP contribution in [0.15, 0.2) is 170 Å². The first-order valence-electron chi connectivity index (χ1n) is 16.2. The van der Waals surface area contributed by atoms with Crippen molar-refractivity contribution in [3.8, 4) is 55.6 Å². The minimum absolute atomic E-state index is 1.03. The predicted octanol–water partition coefficient (Wildman–Crippen LogP) is 12.3. The fraction of sp³-hybridized carbons (Fsp3) is 0.0889. The Morgan fingerprint density at radius 2 is 0.978 bits per heavy atom. The summed E-state index contributed by atoms with van der Waals surface area (Å²) in [5.41, 5.74) is 15.8. The highest BCUT2D eigenvalue weighted by atomic mass is 14.6. The molecule has 1 nitrogen and oxygen atoms in total. The molecule has 0 aliphatic heterocycles. The second-order valence-corrected chi connectivity index (χ2v) is 11.9. The van der Waals surface area contributed by atoms with E-state index in [0.29, 0.717) is 0 Å². The highest BCUT2D eigenvalue weighted by molar-refractivity contribution is 5.85. The van der Waals surface area contributed by atoms with E-state index in [1.54, 1.807) is 0 Å². The molecule has 6 aromatic rings. The van der Waals surface area contributed by atoms with Gasteiger partial charge in [-0.15, -0.1) is 0 Å². The van der Waals surface area contributed by atoms with Crippen LogP contribution in [-0.4, -0.2) is 4.98 Å². The lowest BCUT2D eigenvalue weighted by molar-refractivity contribution is 1.05. The zero-order valence-electron chi connectivity index (χ0n) is 26.2. The van der Waals surface area contributed by atoms with Crippen molar-refractivity contribution >= 4 is 5.57 Å². The summed E-state index contributed by atoms with van der Waals surface area (Å²) < 4.78 is 0. The summed E-state index contributed by atoms with van der Waals surface area (Å²) in [6.07, 6.45) is 18.0. The van der Waals surface area contributed by atoms with E-state index in [-0.39, 0.29) is 0 Å². The number of benzene rings is 5. The van der Waals surface area contributed by atoms with Gasteiger partial charge in [-0.1, -0.05) is 122 Å². The van der Waals surface area contributed by atoms with E-state index < -0.39 is 0 Å². The Labute approximate surface area is 273 Å². The van der Waals surface area contributed by atoms with Crippen LogP contribution in [0.2, 0.25) is 0 Å². The average molecular weight is 592 g/mol. The molecule has 0 amide bonds. The van der Waals surface area contributed by atoms with Crippen molar-refractivity contribution in [3.63, 3.8) is 0 Å². The summed E-state index contributed by atoms with van der Waals surface area (Å²) >= 11 is 0. The molecule has 7 rings (SSSR count). The number of hydrogen-bond donors (Lipinski definition) is 0. The summed E-state index contributed by atoms with van der Waals surface area (Å²) in [6.45, 7) is 2.21.